The fourth-order valence-electron chi connectivity index (χ4n) is 2.87. The lowest BCUT2D eigenvalue weighted by atomic mass is 9.72. The second kappa shape index (κ2) is 7.10. The summed E-state index contributed by atoms with van der Waals surface area (Å²) in [5.74, 6) is -0.457. The van der Waals surface area contributed by atoms with Crippen molar-refractivity contribution in [3.05, 3.63) is 77.4 Å². The number of benzene rings is 2. The normalized spacial score (nSPS) is 13.4. The summed E-state index contributed by atoms with van der Waals surface area (Å²) in [4.78, 5) is 0. The Kier molecular flexibility index (Phi) is 5.36. The van der Waals surface area contributed by atoms with Crippen molar-refractivity contribution >= 4 is 11.5 Å². The molecule has 0 aliphatic heterocycles. The Hall–Kier alpha value is -3.17. The average Bonchev–Trinajstić information content (AvgIpc) is 2.60. The zero-order valence-corrected chi connectivity index (χ0v) is 14.1. The van der Waals surface area contributed by atoms with E-state index in [-0.39, 0.29) is 16.8 Å². The quantitative estimate of drug-likeness (QED) is 0.236. The van der Waals surface area contributed by atoms with E-state index in [9.17, 15) is 26.3 Å². The molecule has 150 valence electrons. The van der Waals surface area contributed by atoms with Gasteiger partial charge in [0.2, 0.25) is 5.41 Å². The van der Waals surface area contributed by atoms with Crippen molar-refractivity contribution in [2.75, 3.05) is 0 Å². The van der Waals surface area contributed by atoms with Gasteiger partial charge in [-0.1, -0.05) is 60.3 Å². The van der Waals surface area contributed by atoms with Crippen LogP contribution in [0.1, 0.15) is 22.3 Å². The fraction of sp³-hybridized carbons (Fsp3) is 0.167. The molecule has 0 bridgehead atoms. The smallest absolute Gasteiger partial charge is 0.409 e. The van der Waals surface area contributed by atoms with Crippen LogP contribution in [0, 0.1) is 0 Å². The summed E-state index contributed by atoms with van der Waals surface area (Å²) in [6.45, 7) is 3.40. The van der Waals surface area contributed by atoms with Crippen LogP contribution in [0.3, 0.4) is 0 Å². The highest BCUT2D eigenvalue weighted by Gasteiger charge is 2.72. The second-order valence-corrected chi connectivity index (χ2v) is 5.91. The number of nitrogens with zero attached hydrogens (tertiary/aromatic N) is 1. The number of rotatable bonds is 4. The first-order valence-electron chi connectivity index (χ1n) is 7.63. The van der Waals surface area contributed by atoms with Gasteiger partial charge in [-0.2, -0.15) is 26.3 Å². The molecule has 0 radical (unpaired) electrons. The van der Waals surface area contributed by atoms with Gasteiger partial charge in [-0.3, -0.25) is 0 Å². The monoisotopic (exact) mass is 403 g/mol. The number of hydrogen-bond donors (Lipinski definition) is 3. The van der Waals surface area contributed by atoms with Crippen LogP contribution in [0.15, 0.2) is 60.3 Å². The lowest BCUT2D eigenvalue weighted by molar-refractivity contribution is -0.288. The van der Waals surface area contributed by atoms with Gasteiger partial charge in [0.15, 0.2) is 5.84 Å². The van der Waals surface area contributed by atoms with Crippen LogP contribution in [0.5, 0.6) is 0 Å². The van der Waals surface area contributed by atoms with Crippen molar-refractivity contribution < 1.29 is 31.5 Å². The van der Waals surface area contributed by atoms with E-state index in [1.54, 1.807) is 0 Å². The first-order chi connectivity index (χ1) is 12.9. The molecule has 28 heavy (non-hydrogen) atoms. The van der Waals surface area contributed by atoms with Crippen LogP contribution in [-0.2, 0) is 5.41 Å². The molecule has 0 saturated heterocycles. The summed E-state index contributed by atoms with van der Waals surface area (Å²) in [7, 11) is 0. The Morgan fingerprint density at radius 1 is 0.750 bits per heavy atom. The predicted molar refractivity (Wildman–Crippen MR) is 91.5 cm³/mol. The highest BCUT2D eigenvalue weighted by Crippen LogP contribution is 2.56. The largest absolute Gasteiger partial charge is 0.411 e. The van der Waals surface area contributed by atoms with Gasteiger partial charge in [0.25, 0.3) is 0 Å². The third-order valence-electron chi connectivity index (χ3n) is 4.26. The first kappa shape index (κ1) is 21.1. The number of halogens is 6. The molecule has 0 amide bonds. The van der Waals surface area contributed by atoms with Gasteiger partial charge in [0, 0.05) is 11.3 Å². The van der Waals surface area contributed by atoms with Gasteiger partial charge in [-0.25, -0.2) is 0 Å². The van der Waals surface area contributed by atoms with Crippen LogP contribution < -0.4 is 11.5 Å². The molecule has 0 aromatic heterocycles. The van der Waals surface area contributed by atoms with Gasteiger partial charge in [-0.05, 0) is 16.7 Å². The van der Waals surface area contributed by atoms with Crippen molar-refractivity contribution in [3.8, 4) is 0 Å². The van der Waals surface area contributed by atoms with Crippen molar-refractivity contribution in [1.82, 2.24) is 0 Å². The van der Waals surface area contributed by atoms with E-state index in [4.69, 9.17) is 16.7 Å². The molecule has 0 atom stereocenters. The first-order valence-corrected chi connectivity index (χ1v) is 7.63. The third-order valence-corrected chi connectivity index (χ3v) is 4.26. The summed E-state index contributed by atoms with van der Waals surface area (Å²) in [5.41, 5.74) is 4.51. The molecule has 10 heteroatoms. The van der Waals surface area contributed by atoms with Gasteiger partial charge in [0.1, 0.15) is 0 Å². The summed E-state index contributed by atoms with van der Waals surface area (Å²) < 4.78 is 83.9. The fourth-order valence-corrected chi connectivity index (χ4v) is 2.87. The van der Waals surface area contributed by atoms with Crippen molar-refractivity contribution in [2.45, 2.75) is 17.8 Å². The Balaban J connectivity index is 2.81. The topological polar surface area (TPSA) is 84.6 Å². The predicted octanol–water partition coefficient (Wildman–Crippen LogP) is 4.12. The standard InChI is InChI=1S/C18H15F6N3O/c1-10(25)11-2-6-13(7-3-11)16(17(19,20)21,18(22,23)24)14-8-4-12(5-9-14)15(26)27-28/h2-9,28H,1,25H2,(H2,26,27). The summed E-state index contributed by atoms with van der Waals surface area (Å²) >= 11 is 0. The minimum absolute atomic E-state index is 0.000661. The molecular formula is C18H15F6N3O. The molecular weight excluding hydrogens is 388 g/mol. The third kappa shape index (κ3) is 3.37. The second-order valence-electron chi connectivity index (χ2n) is 5.91. The van der Waals surface area contributed by atoms with Gasteiger partial charge >= 0.3 is 12.4 Å². The van der Waals surface area contributed by atoms with E-state index < -0.39 is 34.7 Å². The van der Waals surface area contributed by atoms with E-state index in [0.717, 1.165) is 24.3 Å². The van der Waals surface area contributed by atoms with Crippen LogP contribution in [0.25, 0.3) is 5.70 Å². The maximum absolute atomic E-state index is 14.0. The van der Waals surface area contributed by atoms with E-state index >= 15 is 0 Å². The van der Waals surface area contributed by atoms with E-state index in [1.807, 2.05) is 0 Å². The lowest BCUT2D eigenvalue weighted by Gasteiger charge is -2.38. The molecule has 0 aliphatic rings. The number of alkyl halides is 6. The Morgan fingerprint density at radius 3 is 1.39 bits per heavy atom. The Morgan fingerprint density at radius 2 is 1.11 bits per heavy atom. The van der Waals surface area contributed by atoms with Gasteiger partial charge in [0.05, 0.1) is 0 Å². The molecule has 4 nitrogen and oxygen atoms in total. The van der Waals surface area contributed by atoms with Crippen LogP contribution in [0.4, 0.5) is 26.3 Å². The highest BCUT2D eigenvalue weighted by atomic mass is 19.4. The van der Waals surface area contributed by atoms with Crippen LogP contribution >= 0.6 is 0 Å². The maximum atomic E-state index is 14.0. The Labute approximate surface area is 155 Å². The summed E-state index contributed by atoms with van der Waals surface area (Å²) in [6, 6.07) is 6.61. The molecule has 0 saturated carbocycles. The molecule has 0 fully saturated rings. The molecule has 2 aromatic carbocycles. The van der Waals surface area contributed by atoms with E-state index in [1.165, 1.54) is 0 Å². The molecule has 0 aliphatic carbocycles. The van der Waals surface area contributed by atoms with E-state index in [2.05, 4.69) is 11.7 Å². The van der Waals surface area contributed by atoms with Crippen molar-refractivity contribution in [3.63, 3.8) is 0 Å². The zero-order chi connectivity index (χ0) is 21.3. The maximum Gasteiger partial charge on any atom is 0.411 e. The van der Waals surface area contributed by atoms with Crippen molar-refractivity contribution in [1.29, 1.82) is 0 Å². The van der Waals surface area contributed by atoms with Crippen LogP contribution in [-0.4, -0.2) is 23.4 Å². The summed E-state index contributed by atoms with van der Waals surface area (Å²) in [6.07, 6.45) is -11.4. The SMILES string of the molecule is C=C(N)c1ccc(C(c2ccc(/C(N)=N\O)cc2)(C(F)(F)F)C(F)(F)F)cc1. The number of amidine groups is 1. The molecule has 5 N–H and O–H groups in total. The summed E-state index contributed by atoms with van der Waals surface area (Å²) in [5, 5.41) is 11.3. The van der Waals surface area contributed by atoms with Crippen molar-refractivity contribution in [2.24, 2.45) is 16.6 Å². The molecule has 2 rings (SSSR count). The average molecular weight is 403 g/mol. The molecule has 0 unspecified atom stereocenters. The number of hydrogen-bond acceptors (Lipinski definition) is 3. The van der Waals surface area contributed by atoms with Crippen LogP contribution in [0.2, 0.25) is 0 Å². The van der Waals surface area contributed by atoms with E-state index in [0.29, 0.717) is 24.3 Å². The molecule has 0 heterocycles. The van der Waals surface area contributed by atoms with Gasteiger partial charge < -0.3 is 16.7 Å². The van der Waals surface area contributed by atoms with Gasteiger partial charge in [-0.15, -0.1) is 0 Å². The minimum Gasteiger partial charge on any atom is -0.409 e. The number of oxime groups is 1. The zero-order valence-electron chi connectivity index (χ0n) is 14.1. The Bertz CT molecular complexity index is 870. The molecule has 2 aromatic rings. The number of nitrogens with two attached hydrogens (primary N) is 2. The minimum atomic E-state index is -5.72. The molecule has 0 spiro atoms. The lowest BCUT2D eigenvalue weighted by Crippen LogP contribution is -2.54. The highest BCUT2D eigenvalue weighted by molar-refractivity contribution is 5.97.